The minimum atomic E-state index is -6.81. The molecule has 19 heavy (non-hydrogen) atoms. The van der Waals surface area contributed by atoms with Gasteiger partial charge in [-0.25, -0.2) is 8.78 Å². The standard InChI is InChI=1S/C7H3F11O/c8-2-1-3(9,7(16,17)19-18)5(12,13)6(14,15)4(2,10)11/h2H,1H2. The monoisotopic (exact) mass is 312 g/mol. The zero-order chi connectivity index (χ0) is 15.5. The van der Waals surface area contributed by atoms with Crippen LogP contribution in [0.15, 0.2) is 0 Å². The summed E-state index contributed by atoms with van der Waals surface area (Å²) in [6, 6.07) is 0. The van der Waals surface area contributed by atoms with Gasteiger partial charge in [0.05, 0.1) is 0 Å². The number of hydrogen-bond acceptors (Lipinski definition) is 1. The Labute approximate surface area is 96.8 Å². The summed E-state index contributed by atoms with van der Waals surface area (Å²) in [6.07, 6.45) is -13.7. The molecule has 0 radical (unpaired) electrons. The molecule has 0 aliphatic heterocycles. The molecular weight excluding hydrogens is 309 g/mol. The molecule has 0 saturated heterocycles. The van der Waals surface area contributed by atoms with Crippen LogP contribution in [0.5, 0.6) is 0 Å². The average Bonchev–Trinajstić information content (AvgIpc) is 2.26. The molecule has 1 aliphatic carbocycles. The Balaban J connectivity index is 3.48. The van der Waals surface area contributed by atoms with E-state index in [4.69, 9.17) is 0 Å². The van der Waals surface area contributed by atoms with E-state index in [2.05, 4.69) is 0 Å². The molecule has 0 bridgehead atoms. The summed E-state index contributed by atoms with van der Waals surface area (Å²) < 4.78 is 139. The molecule has 114 valence electrons. The molecule has 12 heteroatoms. The highest BCUT2D eigenvalue weighted by atomic mass is 19.4. The van der Waals surface area contributed by atoms with E-state index in [-0.39, 0.29) is 0 Å². The second kappa shape index (κ2) is 3.85. The maximum Gasteiger partial charge on any atom is 0.425 e. The van der Waals surface area contributed by atoms with Crippen LogP contribution in [0, 0.1) is 0 Å². The van der Waals surface area contributed by atoms with Crippen LogP contribution in [0.4, 0.5) is 48.4 Å². The lowest BCUT2D eigenvalue weighted by Gasteiger charge is -2.47. The van der Waals surface area contributed by atoms with Crippen LogP contribution >= 0.6 is 0 Å². The summed E-state index contributed by atoms with van der Waals surface area (Å²) >= 11 is 0. The highest BCUT2D eigenvalue weighted by Crippen LogP contribution is 2.63. The molecule has 1 saturated carbocycles. The van der Waals surface area contributed by atoms with Crippen molar-refractivity contribution in [2.24, 2.45) is 0 Å². The van der Waals surface area contributed by atoms with Gasteiger partial charge < -0.3 is 0 Å². The first-order valence-corrected chi connectivity index (χ1v) is 4.33. The van der Waals surface area contributed by atoms with E-state index in [1.54, 1.807) is 0 Å². The van der Waals surface area contributed by atoms with Gasteiger partial charge in [0.15, 0.2) is 6.17 Å². The number of rotatable bonds is 2. The molecule has 0 amide bonds. The van der Waals surface area contributed by atoms with Gasteiger partial charge in [0, 0.05) is 6.42 Å². The number of halogens is 11. The predicted octanol–water partition coefficient (Wildman–Crippen LogP) is 3.84. The van der Waals surface area contributed by atoms with Crippen molar-refractivity contribution in [3.63, 3.8) is 0 Å². The molecule has 1 rings (SSSR count). The molecule has 0 spiro atoms. The molecule has 0 aromatic rings. The van der Waals surface area contributed by atoms with Crippen molar-refractivity contribution in [2.45, 2.75) is 42.1 Å². The van der Waals surface area contributed by atoms with Gasteiger partial charge in [-0.1, -0.05) is 0 Å². The maximum atomic E-state index is 13.3. The van der Waals surface area contributed by atoms with Crippen molar-refractivity contribution in [2.75, 3.05) is 0 Å². The quantitative estimate of drug-likeness (QED) is 0.704. The van der Waals surface area contributed by atoms with Gasteiger partial charge in [-0.2, -0.15) is 35.1 Å². The minimum Gasteiger partial charge on any atom is -0.240 e. The summed E-state index contributed by atoms with van der Waals surface area (Å²) in [4.78, 5) is 1.49. The molecule has 0 aromatic heterocycles. The largest absolute Gasteiger partial charge is 0.425 e. The molecule has 2 atom stereocenters. The molecule has 0 aromatic carbocycles. The predicted molar refractivity (Wildman–Crippen MR) is 35.3 cm³/mol. The SMILES string of the molecule is FOC(F)(F)C1(F)CC(F)C(F)(F)C(F)(F)C1(F)F. The first-order chi connectivity index (χ1) is 8.19. The Morgan fingerprint density at radius 1 is 0.895 bits per heavy atom. The Hall–Kier alpha value is -0.810. The fourth-order valence-corrected chi connectivity index (χ4v) is 1.52. The van der Waals surface area contributed by atoms with E-state index in [1.807, 2.05) is 0 Å². The van der Waals surface area contributed by atoms with Crippen LogP contribution in [-0.2, 0) is 4.94 Å². The highest BCUT2D eigenvalue weighted by molar-refractivity contribution is 5.18. The van der Waals surface area contributed by atoms with Crippen LogP contribution in [0.25, 0.3) is 0 Å². The Kier molecular flexibility index (Phi) is 3.30. The fourth-order valence-electron chi connectivity index (χ4n) is 1.52. The second-order valence-corrected chi connectivity index (χ2v) is 3.84. The molecule has 0 N–H and O–H groups in total. The molecule has 2 unspecified atom stereocenters. The van der Waals surface area contributed by atoms with Crippen molar-refractivity contribution < 1.29 is 53.4 Å². The summed E-state index contributed by atoms with van der Waals surface area (Å²) in [5, 5.41) is 0. The lowest BCUT2D eigenvalue weighted by atomic mass is 9.76. The lowest BCUT2D eigenvalue weighted by molar-refractivity contribution is -0.473. The van der Waals surface area contributed by atoms with E-state index in [9.17, 15) is 48.4 Å². The highest BCUT2D eigenvalue weighted by Gasteiger charge is 2.91. The number of alkyl halides is 10. The second-order valence-electron chi connectivity index (χ2n) is 3.84. The third-order valence-electron chi connectivity index (χ3n) is 2.72. The Morgan fingerprint density at radius 3 is 1.68 bits per heavy atom. The van der Waals surface area contributed by atoms with Crippen molar-refractivity contribution >= 4 is 0 Å². The fraction of sp³-hybridized carbons (Fsp3) is 1.00. The van der Waals surface area contributed by atoms with Gasteiger partial charge >= 0.3 is 23.9 Å². The maximum absolute atomic E-state index is 13.3. The molecule has 1 nitrogen and oxygen atoms in total. The van der Waals surface area contributed by atoms with Crippen molar-refractivity contribution in [1.82, 2.24) is 0 Å². The third kappa shape index (κ3) is 1.64. The zero-order valence-electron chi connectivity index (χ0n) is 8.35. The van der Waals surface area contributed by atoms with Gasteiger partial charge in [-0.3, -0.25) is 0 Å². The summed E-state index contributed by atoms with van der Waals surface area (Å²) in [5.74, 6) is -19.7. The van der Waals surface area contributed by atoms with Gasteiger partial charge in [0.2, 0.25) is 0 Å². The Bertz CT molecular complexity index is 366. The zero-order valence-corrected chi connectivity index (χ0v) is 8.35. The average molecular weight is 312 g/mol. The van der Waals surface area contributed by atoms with Gasteiger partial charge in [-0.05, 0) is 4.53 Å². The van der Waals surface area contributed by atoms with Gasteiger partial charge in [-0.15, -0.1) is 4.94 Å². The summed E-state index contributed by atoms with van der Waals surface area (Å²) in [6.45, 7) is 0. The van der Waals surface area contributed by atoms with Crippen LogP contribution in [0.1, 0.15) is 6.42 Å². The van der Waals surface area contributed by atoms with Crippen molar-refractivity contribution in [1.29, 1.82) is 0 Å². The molecule has 1 fully saturated rings. The van der Waals surface area contributed by atoms with Crippen LogP contribution in [0.2, 0.25) is 0 Å². The lowest BCUT2D eigenvalue weighted by Crippen LogP contribution is -2.76. The topological polar surface area (TPSA) is 9.23 Å². The minimum absolute atomic E-state index is 1.49. The first kappa shape index (κ1) is 16.2. The smallest absolute Gasteiger partial charge is 0.240 e. The third-order valence-corrected chi connectivity index (χ3v) is 2.72. The van der Waals surface area contributed by atoms with E-state index in [0.29, 0.717) is 0 Å². The summed E-state index contributed by atoms with van der Waals surface area (Å²) in [5.41, 5.74) is -5.99. The van der Waals surface area contributed by atoms with E-state index in [1.165, 1.54) is 4.94 Å². The van der Waals surface area contributed by atoms with Crippen LogP contribution in [0.3, 0.4) is 0 Å². The first-order valence-electron chi connectivity index (χ1n) is 4.33. The number of hydrogen-bond donors (Lipinski definition) is 0. The Morgan fingerprint density at radius 2 is 1.32 bits per heavy atom. The van der Waals surface area contributed by atoms with E-state index in [0.717, 1.165) is 0 Å². The van der Waals surface area contributed by atoms with E-state index >= 15 is 0 Å². The van der Waals surface area contributed by atoms with Crippen LogP contribution < -0.4 is 0 Å². The van der Waals surface area contributed by atoms with E-state index < -0.39 is 42.1 Å². The molecular formula is C7H3F11O. The molecule has 0 heterocycles. The molecule has 1 aliphatic rings. The summed E-state index contributed by atoms with van der Waals surface area (Å²) in [7, 11) is 0. The normalized spacial score (nSPS) is 37.1. The van der Waals surface area contributed by atoms with Crippen molar-refractivity contribution in [3.8, 4) is 0 Å². The van der Waals surface area contributed by atoms with Gasteiger partial charge in [0.25, 0.3) is 5.67 Å². The van der Waals surface area contributed by atoms with Gasteiger partial charge in [0.1, 0.15) is 0 Å². The van der Waals surface area contributed by atoms with Crippen LogP contribution in [-0.4, -0.2) is 35.7 Å². The van der Waals surface area contributed by atoms with Crippen molar-refractivity contribution in [3.05, 3.63) is 0 Å².